The van der Waals surface area contributed by atoms with Crippen LogP contribution in [0, 0.1) is 0 Å². The van der Waals surface area contributed by atoms with Gasteiger partial charge in [0, 0.05) is 6.04 Å². The Morgan fingerprint density at radius 2 is 1.83 bits per heavy atom. The fourth-order valence-electron chi connectivity index (χ4n) is 3.28. The van der Waals surface area contributed by atoms with Gasteiger partial charge in [-0.05, 0) is 31.0 Å². The normalized spacial score (nSPS) is 12.3. The number of para-hydroxylation sites is 1. The van der Waals surface area contributed by atoms with E-state index in [0.29, 0.717) is 22.9 Å². The highest BCUT2D eigenvalue weighted by atomic mass is 32.2. The Labute approximate surface area is 178 Å². The summed E-state index contributed by atoms with van der Waals surface area (Å²) in [7, 11) is 0. The highest BCUT2D eigenvalue weighted by Gasteiger charge is 2.18. The van der Waals surface area contributed by atoms with Crippen LogP contribution >= 0.6 is 11.8 Å². The molecule has 0 saturated carbocycles. The molecule has 1 N–H and O–H groups in total. The Balaban J connectivity index is 1.77. The van der Waals surface area contributed by atoms with E-state index in [1.807, 2.05) is 72.8 Å². The molecule has 4 rings (SSSR count). The molecule has 8 heteroatoms. The fraction of sp³-hybridized carbons (Fsp3) is 0.273. The lowest BCUT2D eigenvalue weighted by Crippen LogP contribution is -2.33. The van der Waals surface area contributed by atoms with E-state index in [1.165, 1.54) is 11.8 Å². The zero-order chi connectivity index (χ0) is 21.1. The van der Waals surface area contributed by atoms with Crippen LogP contribution in [0.2, 0.25) is 0 Å². The second kappa shape index (κ2) is 8.71. The lowest BCUT2D eigenvalue weighted by atomic mass is 10.2. The lowest BCUT2D eigenvalue weighted by molar-refractivity contribution is -0.119. The minimum Gasteiger partial charge on any atom is -0.353 e. The molecular weight excluding hydrogens is 398 g/mol. The Morgan fingerprint density at radius 1 is 1.10 bits per heavy atom. The summed E-state index contributed by atoms with van der Waals surface area (Å²) in [6.07, 6.45) is 0.876. The second-order valence-electron chi connectivity index (χ2n) is 7.18. The van der Waals surface area contributed by atoms with Crippen LogP contribution in [0.1, 0.15) is 25.8 Å². The van der Waals surface area contributed by atoms with Gasteiger partial charge in [0.05, 0.1) is 23.2 Å². The largest absolute Gasteiger partial charge is 0.353 e. The molecule has 0 spiro atoms. The van der Waals surface area contributed by atoms with Gasteiger partial charge < -0.3 is 5.32 Å². The van der Waals surface area contributed by atoms with Crippen molar-refractivity contribution in [2.75, 3.05) is 5.75 Å². The molecule has 2 aromatic heterocycles. The third-order valence-electron chi connectivity index (χ3n) is 5.01. The molecule has 154 valence electrons. The number of thioether (sulfide) groups is 1. The van der Waals surface area contributed by atoms with Crippen LogP contribution in [-0.2, 0) is 11.3 Å². The lowest BCUT2D eigenvalue weighted by Gasteiger charge is -2.12. The molecule has 0 radical (unpaired) electrons. The topological polar surface area (TPSA) is 81.3 Å². The van der Waals surface area contributed by atoms with Gasteiger partial charge in [-0.3, -0.25) is 18.6 Å². The van der Waals surface area contributed by atoms with Crippen LogP contribution in [0.25, 0.3) is 16.7 Å². The summed E-state index contributed by atoms with van der Waals surface area (Å²) in [6, 6.07) is 17.3. The van der Waals surface area contributed by atoms with Crippen LogP contribution in [-0.4, -0.2) is 36.9 Å². The van der Waals surface area contributed by atoms with Crippen LogP contribution in [0.5, 0.6) is 0 Å². The first-order valence-electron chi connectivity index (χ1n) is 9.91. The number of nitrogens with zero attached hydrogens (tertiary/aromatic N) is 4. The average Bonchev–Trinajstić information content (AvgIpc) is 3.20. The zero-order valence-electron chi connectivity index (χ0n) is 16.9. The molecule has 0 aliphatic carbocycles. The molecule has 1 atom stereocenters. The molecule has 7 nitrogen and oxygen atoms in total. The summed E-state index contributed by atoms with van der Waals surface area (Å²) in [4.78, 5) is 25.4. The molecule has 1 amide bonds. The number of nitrogens with one attached hydrogen (secondary N) is 1. The number of aromatic nitrogens is 4. The third-order valence-corrected chi connectivity index (χ3v) is 5.94. The van der Waals surface area contributed by atoms with Gasteiger partial charge in [-0.25, -0.2) is 0 Å². The van der Waals surface area contributed by atoms with Crippen LogP contribution in [0.3, 0.4) is 0 Å². The van der Waals surface area contributed by atoms with Crippen molar-refractivity contribution in [1.29, 1.82) is 0 Å². The quantitative estimate of drug-likeness (QED) is 0.464. The number of fused-ring (bicyclic) bond motifs is 3. The number of carbonyl (C=O) groups is 1. The summed E-state index contributed by atoms with van der Waals surface area (Å²) in [6.45, 7) is 4.40. The highest BCUT2D eigenvalue weighted by Crippen LogP contribution is 2.22. The van der Waals surface area contributed by atoms with E-state index in [2.05, 4.69) is 15.5 Å². The summed E-state index contributed by atoms with van der Waals surface area (Å²) < 4.78 is 3.49. The maximum Gasteiger partial charge on any atom is 0.263 e. The van der Waals surface area contributed by atoms with E-state index in [-0.39, 0.29) is 23.3 Å². The summed E-state index contributed by atoms with van der Waals surface area (Å²) >= 11 is 1.31. The van der Waals surface area contributed by atoms with Gasteiger partial charge in [0.1, 0.15) is 0 Å². The minimum absolute atomic E-state index is 0.0481. The molecule has 30 heavy (non-hydrogen) atoms. The van der Waals surface area contributed by atoms with E-state index in [0.717, 1.165) is 17.5 Å². The standard InChI is InChI=1S/C22H23N5O2S/c1-3-15(2)23-19(28)14-30-22-25-24-21-26(13-16-9-5-4-6-10-16)20(29)17-11-7-8-12-18(17)27(21)22/h4-12,15H,3,13-14H2,1-2H3,(H,23,28)/t15-/m0/s1. The van der Waals surface area contributed by atoms with Crippen LogP contribution in [0.15, 0.2) is 64.5 Å². The maximum atomic E-state index is 13.2. The van der Waals surface area contributed by atoms with Crippen molar-refractivity contribution in [2.24, 2.45) is 0 Å². The number of amides is 1. The van der Waals surface area contributed by atoms with Crippen molar-refractivity contribution in [3.8, 4) is 0 Å². The Morgan fingerprint density at radius 3 is 2.60 bits per heavy atom. The van der Waals surface area contributed by atoms with E-state index in [9.17, 15) is 9.59 Å². The second-order valence-corrected chi connectivity index (χ2v) is 8.12. The van der Waals surface area contributed by atoms with Crippen LogP contribution in [0.4, 0.5) is 0 Å². The monoisotopic (exact) mass is 421 g/mol. The van der Waals surface area contributed by atoms with E-state index in [4.69, 9.17) is 0 Å². The Hall–Kier alpha value is -3.13. The molecular formula is C22H23N5O2S. The summed E-state index contributed by atoms with van der Waals surface area (Å²) in [5.41, 5.74) is 1.62. The highest BCUT2D eigenvalue weighted by molar-refractivity contribution is 7.99. The van der Waals surface area contributed by atoms with Gasteiger partial charge in [-0.1, -0.05) is 61.2 Å². The Kier molecular flexibility index (Phi) is 5.85. The molecule has 2 aromatic carbocycles. The van der Waals surface area contributed by atoms with Crippen molar-refractivity contribution < 1.29 is 4.79 Å². The van der Waals surface area contributed by atoms with Crippen molar-refractivity contribution in [3.63, 3.8) is 0 Å². The Bertz CT molecular complexity index is 1250. The summed E-state index contributed by atoms with van der Waals surface area (Å²) in [5.74, 6) is 0.650. The molecule has 0 bridgehead atoms. The molecule has 0 fully saturated rings. The summed E-state index contributed by atoms with van der Waals surface area (Å²) in [5, 5.41) is 12.7. The molecule has 2 heterocycles. The predicted molar refractivity (Wildman–Crippen MR) is 119 cm³/mol. The van der Waals surface area contributed by atoms with Crippen molar-refractivity contribution >= 4 is 34.3 Å². The number of carbonyl (C=O) groups excluding carboxylic acids is 1. The predicted octanol–water partition coefficient (Wildman–Crippen LogP) is 3.10. The van der Waals surface area contributed by atoms with Gasteiger partial charge in [-0.15, -0.1) is 10.2 Å². The number of rotatable bonds is 7. The first-order chi connectivity index (χ1) is 14.6. The van der Waals surface area contributed by atoms with E-state index in [1.54, 1.807) is 4.57 Å². The zero-order valence-corrected chi connectivity index (χ0v) is 17.7. The van der Waals surface area contributed by atoms with E-state index >= 15 is 0 Å². The number of hydrogen-bond acceptors (Lipinski definition) is 5. The first kappa shape index (κ1) is 20.2. The third kappa shape index (κ3) is 3.95. The van der Waals surface area contributed by atoms with Crippen molar-refractivity contribution in [3.05, 3.63) is 70.5 Å². The van der Waals surface area contributed by atoms with Crippen LogP contribution < -0.4 is 10.9 Å². The van der Waals surface area contributed by atoms with E-state index < -0.39 is 0 Å². The van der Waals surface area contributed by atoms with Gasteiger partial charge in [0.25, 0.3) is 5.56 Å². The van der Waals surface area contributed by atoms with Crippen molar-refractivity contribution in [1.82, 2.24) is 24.5 Å². The SMILES string of the molecule is CC[C@H](C)NC(=O)CSc1nnc2n(Cc3ccccc3)c(=O)c3ccccc3n12. The van der Waals surface area contributed by atoms with Gasteiger partial charge in [-0.2, -0.15) is 0 Å². The molecule has 4 aromatic rings. The maximum absolute atomic E-state index is 13.2. The molecule has 0 unspecified atom stereocenters. The van der Waals surface area contributed by atoms with Gasteiger partial charge in [0.2, 0.25) is 11.7 Å². The smallest absolute Gasteiger partial charge is 0.263 e. The molecule has 0 aliphatic rings. The number of hydrogen-bond donors (Lipinski definition) is 1. The van der Waals surface area contributed by atoms with Crippen molar-refractivity contribution in [2.45, 2.75) is 38.0 Å². The van der Waals surface area contributed by atoms with Gasteiger partial charge >= 0.3 is 0 Å². The fourth-order valence-corrected chi connectivity index (χ4v) is 4.04. The van der Waals surface area contributed by atoms with Gasteiger partial charge in [0.15, 0.2) is 5.16 Å². The molecule has 0 aliphatic heterocycles. The molecule has 0 saturated heterocycles. The minimum atomic E-state index is -0.111. The first-order valence-corrected chi connectivity index (χ1v) is 10.9. The average molecular weight is 422 g/mol. The number of benzene rings is 2.